The molecule has 9 nitrogen and oxygen atoms in total. The molecule has 1 saturated heterocycles. The molecule has 3 heterocycles. The van der Waals surface area contributed by atoms with E-state index in [9.17, 15) is 4.79 Å². The first-order valence-electron chi connectivity index (χ1n) is 10.5. The van der Waals surface area contributed by atoms with Crippen molar-refractivity contribution in [1.29, 1.82) is 0 Å². The lowest BCUT2D eigenvalue weighted by atomic mass is 9.97. The van der Waals surface area contributed by atoms with Gasteiger partial charge in [-0.25, -0.2) is 9.97 Å². The van der Waals surface area contributed by atoms with Gasteiger partial charge in [-0.1, -0.05) is 12.1 Å². The molecule has 1 amide bonds. The average molecular weight is 424 g/mol. The van der Waals surface area contributed by atoms with Crippen LogP contribution in [-0.2, 0) is 4.79 Å². The van der Waals surface area contributed by atoms with E-state index in [0.717, 1.165) is 43.9 Å². The van der Waals surface area contributed by atoms with Crippen molar-refractivity contribution < 1.29 is 9.53 Å². The summed E-state index contributed by atoms with van der Waals surface area (Å²) in [6.45, 7) is 2.81. The molecule has 0 spiro atoms. The Hall–Kier alpha value is -3.33. The van der Waals surface area contributed by atoms with Crippen molar-refractivity contribution in [3.8, 4) is 5.75 Å². The van der Waals surface area contributed by atoms with Gasteiger partial charge in [-0.2, -0.15) is 0 Å². The molecule has 1 fully saturated rings. The standard InChI is InChI=1S/C22H29N7O2/c1-28(2)14-19(30)29-11-8-15(9-12-29)13-25-22-24-10-7-17(27-22)20(23)21-26-16-5-3-4-6-18(16)31-21/h3-7,10,15,26H,8-9,11-14,23H2,1-2H3,(H,24,25,27)/b21-20+. The van der Waals surface area contributed by atoms with E-state index in [2.05, 4.69) is 20.6 Å². The van der Waals surface area contributed by atoms with Gasteiger partial charge in [0.05, 0.1) is 17.9 Å². The Morgan fingerprint density at radius 1 is 1.29 bits per heavy atom. The largest absolute Gasteiger partial charge is 0.437 e. The maximum absolute atomic E-state index is 12.2. The highest BCUT2D eigenvalue weighted by molar-refractivity contribution is 5.78. The molecule has 2 aliphatic heterocycles. The number of nitrogens with one attached hydrogen (secondary N) is 2. The van der Waals surface area contributed by atoms with Crippen LogP contribution in [0.5, 0.6) is 5.75 Å². The van der Waals surface area contributed by atoms with Crippen LogP contribution in [0.15, 0.2) is 42.4 Å². The van der Waals surface area contributed by atoms with Gasteiger partial charge < -0.3 is 30.9 Å². The minimum absolute atomic E-state index is 0.195. The summed E-state index contributed by atoms with van der Waals surface area (Å²) in [5.74, 6) is 2.41. The number of carbonyl (C=O) groups excluding carboxylic acids is 1. The van der Waals surface area contributed by atoms with Gasteiger partial charge in [-0.15, -0.1) is 0 Å². The number of hydrogen-bond donors (Lipinski definition) is 3. The molecule has 164 valence electrons. The van der Waals surface area contributed by atoms with E-state index in [1.54, 1.807) is 12.3 Å². The Bertz CT molecular complexity index is 941. The predicted molar refractivity (Wildman–Crippen MR) is 120 cm³/mol. The fourth-order valence-corrected chi connectivity index (χ4v) is 3.74. The number of nitrogens with zero attached hydrogens (tertiary/aromatic N) is 4. The highest BCUT2D eigenvalue weighted by Crippen LogP contribution is 2.34. The molecule has 0 unspecified atom stereocenters. The highest BCUT2D eigenvalue weighted by atomic mass is 16.5. The number of anilines is 2. The molecule has 0 atom stereocenters. The molecular weight excluding hydrogens is 394 g/mol. The number of likely N-dealkylation sites (tertiary alicyclic amines) is 1. The SMILES string of the molecule is CN(C)CC(=O)N1CCC(CNc2nccc(/C(N)=C3/Nc4ccccc4O3)n2)CC1. The minimum Gasteiger partial charge on any atom is -0.437 e. The molecule has 0 aliphatic carbocycles. The molecule has 4 N–H and O–H groups in total. The van der Waals surface area contributed by atoms with Crippen LogP contribution < -0.4 is 21.1 Å². The number of likely N-dealkylation sites (N-methyl/N-ethyl adjacent to an activating group) is 1. The number of para-hydroxylation sites is 2. The second-order valence-corrected chi connectivity index (χ2v) is 8.17. The second-order valence-electron chi connectivity index (χ2n) is 8.17. The number of aromatic nitrogens is 2. The Morgan fingerprint density at radius 3 is 2.81 bits per heavy atom. The van der Waals surface area contributed by atoms with Crippen LogP contribution in [0.25, 0.3) is 5.70 Å². The molecule has 9 heteroatoms. The first kappa shape index (κ1) is 20.9. The van der Waals surface area contributed by atoms with E-state index >= 15 is 0 Å². The van der Waals surface area contributed by atoms with Crippen molar-refractivity contribution in [2.24, 2.45) is 11.7 Å². The van der Waals surface area contributed by atoms with Gasteiger partial charge in [0.1, 0.15) is 5.70 Å². The van der Waals surface area contributed by atoms with E-state index in [1.807, 2.05) is 48.2 Å². The van der Waals surface area contributed by atoms with Crippen LogP contribution in [0.2, 0.25) is 0 Å². The van der Waals surface area contributed by atoms with Gasteiger partial charge in [0.2, 0.25) is 17.7 Å². The zero-order valence-electron chi connectivity index (χ0n) is 18.0. The van der Waals surface area contributed by atoms with Crippen molar-refractivity contribution in [3.05, 3.63) is 48.1 Å². The van der Waals surface area contributed by atoms with E-state index < -0.39 is 0 Å². The summed E-state index contributed by atoms with van der Waals surface area (Å²) in [5.41, 5.74) is 8.20. The van der Waals surface area contributed by atoms with Crippen LogP contribution in [0.1, 0.15) is 18.5 Å². The number of amides is 1. The lowest BCUT2D eigenvalue weighted by molar-refractivity contribution is -0.133. The first-order chi connectivity index (χ1) is 15.0. The maximum Gasteiger partial charge on any atom is 0.236 e. The van der Waals surface area contributed by atoms with Crippen LogP contribution >= 0.6 is 0 Å². The van der Waals surface area contributed by atoms with Crippen molar-refractivity contribution in [1.82, 2.24) is 19.8 Å². The van der Waals surface area contributed by atoms with Crippen LogP contribution in [0, 0.1) is 5.92 Å². The maximum atomic E-state index is 12.2. The Balaban J connectivity index is 1.32. The van der Waals surface area contributed by atoms with Gasteiger partial charge in [0.25, 0.3) is 0 Å². The molecule has 31 heavy (non-hydrogen) atoms. The van der Waals surface area contributed by atoms with Gasteiger partial charge in [0, 0.05) is 25.8 Å². The topological polar surface area (TPSA) is 109 Å². The van der Waals surface area contributed by atoms with Crippen LogP contribution in [-0.4, -0.2) is 65.9 Å². The van der Waals surface area contributed by atoms with Crippen LogP contribution in [0.4, 0.5) is 11.6 Å². The van der Waals surface area contributed by atoms with Crippen LogP contribution in [0.3, 0.4) is 0 Å². The smallest absolute Gasteiger partial charge is 0.236 e. The molecule has 0 saturated carbocycles. The zero-order chi connectivity index (χ0) is 21.8. The summed E-state index contributed by atoms with van der Waals surface area (Å²) < 4.78 is 5.80. The third kappa shape index (κ3) is 5.05. The third-order valence-corrected chi connectivity index (χ3v) is 5.49. The lowest BCUT2D eigenvalue weighted by Crippen LogP contribution is -2.43. The summed E-state index contributed by atoms with van der Waals surface area (Å²) in [7, 11) is 3.83. The normalized spacial score (nSPS) is 17.7. The van der Waals surface area contributed by atoms with Gasteiger partial charge in [-0.05, 0) is 51.1 Å². The Kier molecular flexibility index (Phi) is 6.22. The predicted octanol–water partition coefficient (Wildman–Crippen LogP) is 1.78. The number of carbonyl (C=O) groups is 1. The van der Waals surface area contributed by atoms with Crippen molar-refractivity contribution in [3.63, 3.8) is 0 Å². The van der Waals surface area contributed by atoms with Crippen molar-refractivity contribution in [2.45, 2.75) is 12.8 Å². The van der Waals surface area contributed by atoms with E-state index in [4.69, 9.17) is 10.5 Å². The first-order valence-corrected chi connectivity index (χ1v) is 10.5. The summed E-state index contributed by atoms with van der Waals surface area (Å²) in [4.78, 5) is 24.9. The second kappa shape index (κ2) is 9.22. The van der Waals surface area contributed by atoms with E-state index in [-0.39, 0.29) is 5.91 Å². The van der Waals surface area contributed by atoms with Gasteiger partial charge >= 0.3 is 0 Å². The molecule has 2 aliphatic rings. The van der Waals surface area contributed by atoms with E-state index in [0.29, 0.717) is 35.7 Å². The molecule has 2 aromatic rings. The minimum atomic E-state index is 0.195. The molecular formula is C22H29N7O2. The zero-order valence-corrected chi connectivity index (χ0v) is 18.0. The number of ether oxygens (including phenoxy) is 1. The van der Waals surface area contributed by atoms with Gasteiger partial charge in [-0.3, -0.25) is 4.79 Å². The number of nitrogens with two attached hydrogens (primary N) is 1. The van der Waals surface area contributed by atoms with Gasteiger partial charge in [0.15, 0.2) is 5.75 Å². The molecule has 1 aromatic heterocycles. The van der Waals surface area contributed by atoms with Crippen molar-refractivity contribution in [2.75, 3.05) is 50.9 Å². The number of fused-ring (bicyclic) bond motifs is 1. The summed E-state index contributed by atoms with van der Waals surface area (Å²) >= 11 is 0. The number of rotatable bonds is 6. The third-order valence-electron chi connectivity index (χ3n) is 5.49. The fraction of sp³-hybridized carbons (Fsp3) is 0.409. The lowest BCUT2D eigenvalue weighted by Gasteiger charge is -2.32. The molecule has 0 radical (unpaired) electrons. The number of piperidine rings is 1. The number of hydrogen-bond acceptors (Lipinski definition) is 8. The Morgan fingerprint density at radius 2 is 2.06 bits per heavy atom. The monoisotopic (exact) mass is 423 g/mol. The molecule has 0 bridgehead atoms. The molecule has 1 aromatic carbocycles. The summed E-state index contributed by atoms with van der Waals surface area (Å²) in [5, 5.41) is 6.50. The number of benzene rings is 1. The highest BCUT2D eigenvalue weighted by Gasteiger charge is 2.23. The summed E-state index contributed by atoms with van der Waals surface area (Å²) in [6, 6.07) is 9.42. The fourth-order valence-electron chi connectivity index (χ4n) is 3.74. The van der Waals surface area contributed by atoms with E-state index in [1.165, 1.54) is 0 Å². The quantitative estimate of drug-likeness (QED) is 0.645. The Labute approximate surface area is 182 Å². The molecule has 4 rings (SSSR count). The van der Waals surface area contributed by atoms with Crippen molar-refractivity contribution >= 4 is 23.2 Å². The summed E-state index contributed by atoms with van der Waals surface area (Å²) in [6.07, 6.45) is 3.62. The average Bonchev–Trinajstić information content (AvgIpc) is 3.21.